The molecule has 0 bridgehead atoms. The molecule has 0 radical (unpaired) electrons. The molecule has 86 valence electrons. The summed E-state index contributed by atoms with van der Waals surface area (Å²) in [4.78, 5) is 13.6. The molecule has 0 saturated carbocycles. The van der Waals surface area contributed by atoms with Crippen LogP contribution in [0.2, 0.25) is 0 Å². The summed E-state index contributed by atoms with van der Waals surface area (Å²) in [6.07, 6.45) is 8.34. The van der Waals surface area contributed by atoms with E-state index in [9.17, 15) is 4.79 Å². The second-order valence-corrected chi connectivity index (χ2v) is 3.99. The first kappa shape index (κ1) is 12.2. The van der Waals surface area contributed by atoms with Gasteiger partial charge in [-0.2, -0.15) is 0 Å². The summed E-state index contributed by atoms with van der Waals surface area (Å²) in [5.41, 5.74) is 0. The molecule has 15 heavy (non-hydrogen) atoms. The zero-order chi connectivity index (χ0) is 11.1. The van der Waals surface area contributed by atoms with Crippen LogP contribution in [0.15, 0.2) is 12.2 Å². The number of esters is 1. The molecule has 0 spiro atoms. The molecule has 0 aromatic rings. The van der Waals surface area contributed by atoms with Crippen LogP contribution in [0, 0.1) is 0 Å². The lowest BCUT2D eigenvalue weighted by atomic mass is 9.99. The molecule has 0 aromatic carbocycles. The minimum absolute atomic E-state index is 0.0904. The summed E-state index contributed by atoms with van der Waals surface area (Å²) in [5, 5.41) is 0. The number of ether oxygens (including phenoxy) is 1. The molecule has 1 fully saturated rings. The first-order valence-electron chi connectivity index (χ1n) is 5.70. The van der Waals surface area contributed by atoms with Crippen LogP contribution in [0.4, 0.5) is 0 Å². The van der Waals surface area contributed by atoms with E-state index >= 15 is 0 Å². The number of piperidine rings is 1. The number of nitrogens with zero attached hydrogens (tertiary/aromatic N) is 1. The van der Waals surface area contributed by atoms with E-state index in [0.717, 1.165) is 19.5 Å². The molecule has 1 rings (SSSR count). The summed E-state index contributed by atoms with van der Waals surface area (Å²) in [5.74, 6) is -0.0904. The SMILES string of the molecule is CC=CCN1CCCCC1CC(=O)OC. The Morgan fingerprint density at radius 3 is 3.00 bits per heavy atom. The summed E-state index contributed by atoms with van der Waals surface area (Å²) in [6, 6.07) is 0.377. The van der Waals surface area contributed by atoms with Crippen molar-refractivity contribution in [1.82, 2.24) is 4.90 Å². The van der Waals surface area contributed by atoms with Crippen LogP contribution in [-0.2, 0) is 9.53 Å². The van der Waals surface area contributed by atoms with Gasteiger partial charge in [-0.3, -0.25) is 9.69 Å². The third kappa shape index (κ3) is 4.04. The van der Waals surface area contributed by atoms with Crippen molar-refractivity contribution < 1.29 is 9.53 Å². The van der Waals surface area contributed by atoms with Crippen LogP contribution >= 0.6 is 0 Å². The van der Waals surface area contributed by atoms with E-state index in [1.807, 2.05) is 6.92 Å². The fraction of sp³-hybridized carbons (Fsp3) is 0.750. The number of hydrogen-bond donors (Lipinski definition) is 0. The number of allylic oxidation sites excluding steroid dienone is 1. The van der Waals surface area contributed by atoms with Gasteiger partial charge in [0.2, 0.25) is 0 Å². The number of rotatable bonds is 4. The zero-order valence-electron chi connectivity index (χ0n) is 9.74. The molecule has 3 nitrogen and oxygen atoms in total. The summed E-state index contributed by atoms with van der Waals surface area (Å²) < 4.78 is 4.72. The Labute approximate surface area is 92.1 Å². The summed E-state index contributed by atoms with van der Waals surface area (Å²) >= 11 is 0. The highest BCUT2D eigenvalue weighted by Gasteiger charge is 2.23. The maximum Gasteiger partial charge on any atom is 0.307 e. The van der Waals surface area contributed by atoms with Crippen molar-refractivity contribution in [1.29, 1.82) is 0 Å². The van der Waals surface area contributed by atoms with Crippen LogP contribution in [0.5, 0.6) is 0 Å². The van der Waals surface area contributed by atoms with Gasteiger partial charge in [0.25, 0.3) is 0 Å². The van der Waals surface area contributed by atoms with E-state index in [1.165, 1.54) is 20.0 Å². The van der Waals surface area contributed by atoms with Crippen LogP contribution in [0.1, 0.15) is 32.6 Å². The monoisotopic (exact) mass is 211 g/mol. The molecule has 0 amide bonds. The molecular formula is C12H21NO2. The second kappa shape index (κ2) is 6.62. The highest BCUT2D eigenvalue weighted by atomic mass is 16.5. The van der Waals surface area contributed by atoms with E-state index in [1.54, 1.807) is 0 Å². The van der Waals surface area contributed by atoms with Crippen molar-refractivity contribution in [3.8, 4) is 0 Å². The lowest BCUT2D eigenvalue weighted by Crippen LogP contribution is -2.41. The summed E-state index contributed by atoms with van der Waals surface area (Å²) in [6.45, 7) is 4.09. The molecule has 0 aromatic heterocycles. The Balaban J connectivity index is 2.45. The van der Waals surface area contributed by atoms with Crippen molar-refractivity contribution in [2.75, 3.05) is 20.2 Å². The van der Waals surface area contributed by atoms with Crippen molar-refractivity contribution in [3.05, 3.63) is 12.2 Å². The molecule has 1 atom stereocenters. The molecule has 1 unspecified atom stereocenters. The minimum atomic E-state index is -0.0904. The van der Waals surface area contributed by atoms with Crippen molar-refractivity contribution >= 4 is 5.97 Å². The lowest BCUT2D eigenvalue weighted by Gasteiger charge is -2.34. The maximum absolute atomic E-state index is 11.2. The average Bonchev–Trinajstić information content (AvgIpc) is 2.28. The highest BCUT2D eigenvalue weighted by molar-refractivity contribution is 5.69. The number of likely N-dealkylation sites (tertiary alicyclic amines) is 1. The van der Waals surface area contributed by atoms with Gasteiger partial charge in [-0.25, -0.2) is 0 Å². The second-order valence-electron chi connectivity index (χ2n) is 3.99. The van der Waals surface area contributed by atoms with Crippen LogP contribution in [0.25, 0.3) is 0 Å². The smallest absolute Gasteiger partial charge is 0.307 e. The number of methoxy groups -OCH3 is 1. The minimum Gasteiger partial charge on any atom is -0.469 e. The molecule has 3 heteroatoms. The maximum atomic E-state index is 11.2. The van der Waals surface area contributed by atoms with Crippen molar-refractivity contribution in [2.45, 2.75) is 38.6 Å². The fourth-order valence-electron chi connectivity index (χ4n) is 2.05. The first-order chi connectivity index (χ1) is 7.27. The zero-order valence-corrected chi connectivity index (χ0v) is 9.74. The van der Waals surface area contributed by atoms with Crippen LogP contribution < -0.4 is 0 Å². The topological polar surface area (TPSA) is 29.5 Å². The Morgan fingerprint density at radius 2 is 2.33 bits per heavy atom. The van der Waals surface area contributed by atoms with Gasteiger partial charge in [0.1, 0.15) is 0 Å². The van der Waals surface area contributed by atoms with Gasteiger partial charge in [-0.05, 0) is 26.3 Å². The fourth-order valence-corrected chi connectivity index (χ4v) is 2.05. The number of carbonyl (C=O) groups is 1. The third-order valence-corrected chi connectivity index (χ3v) is 2.95. The Hall–Kier alpha value is -0.830. The predicted molar refractivity (Wildman–Crippen MR) is 60.7 cm³/mol. The average molecular weight is 211 g/mol. The van der Waals surface area contributed by atoms with Crippen LogP contribution in [0.3, 0.4) is 0 Å². The first-order valence-corrected chi connectivity index (χ1v) is 5.70. The largest absolute Gasteiger partial charge is 0.469 e. The Bertz CT molecular complexity index is 226. The Morgan fingerprint density at radius 1 is 1.53 bits per heavy atom. The van der Waals surface area contributed by atoms with Crippen molar-refractivity contribution in [3.63, 3.8) is 0 Å². The number of carbonyl (C=O) groups excluding carboxylic acids is 1. The van der Waals surface area contributed by atoms with Crippen molar-refractivity contribution in [2.24, 2.45) is 0 Å². The van der Waals surface area contributed by atoms with Crippen LogP contribution in [-0.4, -0.2) is 37.1 Å². The predicted octanol–water partition coefficient (Wildman–Crippen LogP) is 1.98. The molecule has 1 saturated heterocycles. The third-order valence-electron chi connectivity index (χ3n) is 2.95. The normalized spacial score (nSPS) is 23.2. The van der Waals surface area contributed by atoms with Gasteiger partial charge in [0.15, 0.2) is 0 Å². The molecule has 1 heterocycles. The van der Waals surface area contributed by atoms with E-state index in [2.05, 4.69) is 17.1 Å². The molecule has 0 aliphatic carbocycles. The van der Waals surface area contributed by atoms with Gasteiger partial charge in [0, 0.05) is 12.6 Å². The molecule has 0 N–H and O–H groups in total. The van der Waals surface area contributed by atoms with E-state index in [4.69, 9.17) is 4.74 Å². The van der Waals surface area contributed by atoms with Gasteiger partial charge in [-0.15, -0.1) is 0 Å². The van der Waals surface area contributed by atoms with Gasteiger partial charge < -0.3 is 4.74 Å². The standard InChI is InChI=1S/C12H21NO2/c1-3-4-8-13-9-6-5-7-11(13)10-12(14)15-2/h3-4,11H,5-10H2,1-2H3. The van der Waals surface area contributed by atoms with Gasteiger partial charge in [-0.1, -0.05) is 18.6 Å². The molecule has 1 aliphatic rings. The quantitative estimate of drug-likeness (QED) is 0.526. The number of hydrogen-bond acceptors (Lipinski definition) is 3. The van der Waals surface area contributed by atoms with E-state index in [0.29, 0.717) is 12.5 Å². The highest BCUT2D eigenvalue weighted by Crippen LogP contribution is 2.19. The Kier molecular flexibility index (Phi) is 5.40. The molecule has 1 aliphatic heterocycles. The molecular weight excluding hydrogens is 190 g/mol. The van der Waals surface area contributed by atoms with Gasteiger partial charge >= 0.3 is 5.97 Å². The van der Waals surface area contributed by atoms with Gasteiger partial charge in [0.05, 0.1) is 13.5 Å². The van der Waals surface area contributed by atoms with E-state index in [-0.39, 0.29) is 5.97 Å². The lowest BCUT2D eigenvalue weighted by molar-refractivity contribution is -0.142. The summed E-state index contributed by atoms with van der Waals surface area (Å²) in [7, 11) is 1.46. The van der Waals surface area contributed by atoms with E-state index < -0.39 is 0 Å².